The van der Waals surface area contributed by atoms with E-state index in [0.29, 0.717) is 0 Å². The van der Waals surface area contributed by atoms with Crippen molar-refractivity contribution in [3.63, 3.8) is 0 Å². The van der Waals surface area contributed by atoms with Crippen LogP contribution in [0.2, 0.25) is 0 Å². The smallest absolute Gasteiger partial charge is 0.163 e. The Morgan fingerprint density at radius 2 is 2.25 bits per heavy atom. The van der Waals surface area contributed by atoms with E-state index in [0.717, 1.165) is 9.29 Å². The van der Waals surface area contributed by atoms with Crippen LogP contribution in [-0.2, 0) is 0 Å². The van der Waals surface area contributed by atoms with Crippen LogP contribution in [0.3, 0.4) is 0 Å². The minimum atomic E-state index is 1.06. The second kappa shape index (κ2) is 2.48. The van der Waals surface area contributed by atoms with Crippen molar-refractivity contribution in [1.29, 1.82) is 0 Å². The van der Waals surface area contributed by atoms with Crippen LogP contribution in [0.5, 0.6) is 0 Å². The number of hydrogen-bond acceptors (Lipinski definition) is 1. The first-order valence-corrected chi connectivity index (χ1v) is 3.46. The van der Waals surface area contributed by atoms with Crippen molar-refractivity contribution in [3.05, 3.63) is 21.9 Å². The Hall–Kier alpha value is -0.0551. The molecule has 0 unspecified atom stereocenters. The maximum absolute atomic E-state index is 4.16. The third kappa shape index (κ3) is 1.47. The van der Waals surface area contributed by atoms with Crippen LogP contribution in [0.4, 0.5) is 0 Å². The summed E-state index contributed by atoms with van der Waals surface area (Å²) in [4.78, 5) is 4.16. The molecule has 0 fully saturated rings. The molecular weight excluding hydrogens is 212 g/mol. The zero-order valence-electron chi connectivity index (χ0n) is 4.56. The first-order valence-electron chi connectivity index (χ1n) is 2.38. The molecule has 1 heterocycles. The van der Waals surface area contributed by atoms with E-state index in [1.54, 1.807) is 0 Å². The Balaban J connectivity index is 3.08. The van der Waals surface area contributed by atoms with Gasteiger partial charge in [-0.05, 0) is 34.3 Å². The van der Waals surface area contributed by atoms with Crippen LogP contribution in [-0.4, -0.2) is 12.8 Å². The molecule has 8 heavy (non-hydrogen) atoms. The molecule has 0 atom stereocenters. The quantitative estimate of drug-likeness (QED) is 0.337. The summed E-state index contributed by atoms with van der Waals surface area (Å²) in [5.41, 5.74) is 1.08. The fourth-order valence-electron chi connectivity index (χ4n) is 0.510. The molecule has 0 spiro atoms. The Morgan fingerprint density at radius 1 is 1.50 bits per heavy atom. The molecule has 0 radical (unpaired) electrons. The highest BCUT2D eigenvalue weighted by Gasteiger charge is 1.83. The van der Waals surface area contributed by atoms with Gasteiger partial charge < -0.3 is 0 Å². The average Bonchev–Trinajstić information content (AvgIpc) is 1.64. The fraction of sp³-hybridized carbons (Fsp3) is 0. The molecule has 1 aromatic rings. The van der Waals surface area contributed by atoms with E-state index in [1.165, 1.54) is 0 Å². The summed E-state index contributed by atoms with van der Waals surface area (Å²) in [6.07, 6.45) is 0. The standard InChI is InChI=1S/C5H5BIN/c6-4-2-1-3-5(7)8-4/h1-3H,6H2. The van der Waals surface area contributed by atoms with Crippen LogP contribution < -0.4 is 5.59 Å². The number of nitrogens with zero attached hydrogens (tertiary/aromatic N) is 1. The maximum Gasteiger partial charge on any atom is 0.163 e. The van der Waals surface area contributed by atoms with Crippen LogP contribution >= 0.6 is 22.6 Å². The molecule has 40 valence electrons. The molecule has 0 saturated heterocycles. The van der Waals surface area contributed by atoms with Gasteiger partial charge >= 0.3 is 0 Å². The molecular formula is C5H5BIN. The summed E-state index contributed by atoms with van der Waals surface area (Å²) in [6, 6.07) is 5.97. The summed E-state index contributed by atoms with van der Waals surface area (Å²) < 4.78 is 1.06. The van der Waals surface area contributed by atoms with Crippen molar-refractivity contribution in [3.8, 4) is 0 Å². The number of hydrogen-bond donors (Lipinski definition) is 0. The van der Waals surface area contributed by atoms with Gasteiger partial charge in [-0.2, -0.15) is 0 Å². The Bertz CT molecular complexity index is 172. The largest absolute Gasteiger partial charge is 0.258 e. The van der Waals surface area contributed by atoms with E-state index < -0.39 is 0 Å². The van der Waals surface area contributed by atoms with Gasteiger partial charge in [0.05, 0.1) is 0 Å². The zero-order valence-corrected chi connectivity index (χ0v) is 6.71. The van der Waals surface area contributed by atoms with E-state index in [1.807, 2.05) is 26.0 Å². The molecule has 0 amide bonds. The normalized spacial score (nSPS) is 9.12. The molecule has 0 aromatic carbocycles. The number of rotatable bonds is 0. The van der Waals surface area contributed by atoms with Crippen molar-refractivity contribution in [2.24, 2.45) is 0 Å². The van der Waals surface area contributed by atoms with Crippen molar-refractivity contribution in [2.75, 3.05) is 0 Å². The molecule has 3 heteroatoms. The Labute approximate surface area is 63.1 Å². The maximum atomic E-state index is 4.16. The third-order valence-electron chi connectivity index (χ3n) is 0.854. The Morgan fingerprint density at radius 3 is 2.62 bits per heavy atom. The highest BCUT2D eigenvalue weighted by Crippen LogP contribution is 1.93. The molecule has 1 nitrogen and oxygen atoms in total. The summed E-state index contributed by atoms with van der Waals surface area (Å²) in [7, 11) is 1.99. The predicted molar refractivity (Wildman–Crippen MR) is 45.1 cm³/mol. The minimum Gasteiger partial charge on any atom is -0.258 e. The van der Waals surface area contributed by atoms with Gasteiger partial charge in [0.2, 0.25) is 0 Å². The lowest BCUT2D eigenvalue weighted by Crippen LogP contribution is -2.07. The topological polar surface area (TPSA) is 12.9 Å². The van der Waals surface area contributed by atoms with Gasteiger partial charge in [0.1, 0.15) is 3.70 Å². The molecule has 0 aliphatic heterocycles. The zero-order chi connectivity index (χ0) is 5.98. The first kappa shape index (κ1) is 6.07. The van der Waals surface area contributed by atoms with Gasteiger partial charge in [-0.25, -0.2) is 0 Å². The van der Waals surface area contributed by atoms with Crippen LogP contribution in [0.15, 0.2) is 18.2 Å². The number of halogens is 1. The summed E-state index contributed by atoms with van der Waals surface area (Å²) in [6.45, 7) is 0. The van der Waals surface area contributed by atoms with Gasteiger partial charge in [0.25, 0.3) is 0 Å². The molecule has 0 bridgehead atoms. The van der Waals surface area contributed by atoms with Crippen molar-refractivity contribution in [2.45, 2.75) is 0 Å². The highest BCUT2D eigenvalue weighted by molar-refractivity contribution is 14.1. The molecule has 0 aliphatic rings. The van der Waals surface area contributed by atoms with Gasteiger partial charge in [-0.3, -0.25) is 4.98 Å². The van der Waals surface area contributed by atoms with Crippen molar-refractivity contribution in [1.82, 2.24) is 4.98 Å². The average molecular weight is 217 g/mol. The third-order valence-corrected chi connectivity index (χ3v) is 1.46. The highest BCUT2D eigenvalue weighted by atomic mass is 127. The van der Waals surface area contributed by atoms with E-state index in [2.05, 4.69) is 27.6 Å². The van der Waals surface area contributed by atoms with Gasteiger partial charge in [0, 0.05) is 0 Å². The van der Waals surface area contributed by atoms with Crippen molar-refractivity contribution < 1.29 is 0 Å². The number of aromatic nitrogens is 1. The van der Waals surface area contributed by atoms with Gasteiger partial charge in [-0.15, -0.1) is 0 Å². The van der Waals surface area contributed by atoms with Gasteiger partial charge in [-0.1, -0.05) is 12.1 Å². The Kier molecular flexibility index (Phi) is 1.88. The number of pyridine rings is 1. The monoisotopic (exact) mass is 217 g/mol. The predicted octanol–water partition coefficient (Wildman–Crippen LogP) is -0.0554. The molecule has 0 aliphatic carbocycles. The fourth-order valence-corrected chi connectivity index (χ4v) is 1.10. The lowest BCUT2D eigenvalue weighted by atomic mass is 10.1. The molecule has 0 saturated carbocycles. The summed E-state index contributed by atoms with van der Waals surface area (Å²) in [5.74, 6) is 0. The van der Waals surface area contributed by atoms with E-state index in [-0.39, 0.29) is 0 Å². The first-order chi connectivity index (χ1) is 3.79. The molecule has 0 N–H and O–H groups in total. The van der Waals surface area contributed by atoms with Crippen LogP contribution in [0.25, 0.3) is 0 Å². The second-order valence-electron chi connectivity index (χ2n) is 1.60. The van der Waals surface area contributed by atoms with E-state index >= 15 is 0 Å². The minimum absolute atomic E-state index is 1.06. The SMILES string of the molecule is Bc1cccc(I)n1. The lowest BCUT2D eigenvalue weighted by Gasteiger charge is -1.88. The van der Waals surface area contributed by atoms with Crippen LogP contribution in [0.1, 0.15) is 0 Å². The summed E-state index contributed by atoms with van der Waals surface area (Å²) in [5, 5.41) is 0. The van der Waals surface area contributed by atoms with E-state index in [4.69, 9.17) is 0 Å². The van der Waals surface area contributed by atoms with Crippen LogP contribution in [0, 0.1) is 3.70 Å². The lowest BCUT2D eigenvalue weighted by molar-refractivity contribution is 1.33. The summed E-state index contributed by atoms with van der Waals surface area (Å²) >= 11 is 2.19. The molecule has 1 rings (SSSR count). The molecule has 1 aromatic heterocycles. The van der Waals surface area contributed by atoms with E-state index in [9.17, 15) is 0 Å². The van der Waals surface area contributed by atoms with Crippen molar-refractivity contribution >= 4 is 36.0 Å². The van der Waals surface area contributed by atoms with Gasteiger partial charge in [0.15, 0.2) is 7.85 Å². The second-order valence-corrected chi connectivity index (χ2v) is 2.71.